The van der Waals surface area contributed by atoms with E-state index < -0.39 is 29.2 Å². The zero-order chi connectivity index (χ0) is 16.0. The summed E-state index contributed by atoms with van der Waals surface area (Å²) >= 11 is 0. The van der Waals surface area contributed by atoms with Crippen molar-refractivity contribution in [3.8, 4) is 0 Å². The number of hydrogen-bond acceptors (Lipinski definition) is 3. The predicted molar refractivity (Wildman–Crippen MR) is 75.7 cm³/mol. The van der Waals surface area contributed by atoms with Gasteiger partial charge in [0, 0.05) is 18.7 Å². The number of benzene rings is 1. The Morgan fingerprint density at radius 3 is 2.24 bits per heavy atom. The van der Waals surface area contributed by atoms with E-state index >= 15 is 0 Å². The maximum atomic E-state index is 13.4. The van der Waals surface area contributed by atoms with Crippen molar-refractivity contribution in [2.75, 3.05) is 18.5 Å². The molecule has 0 aliphatic carbocycles. The van der Waals surface area contributed by atoms with Gasteiger partial charge in [0.25, 0.3) is 0 Å². The second kappa shape index (κ2) is 8.24. The highest BCUT2D eigenvalue weighted by molar-refractivity contribution is 5.46. The van der Waals surface area contributed by atoms with Crippen molar-refractivity contribution in [3.63, 3.8) is 0 Å². The molecule has 3 nitrogen and oxygen atoms in total. The molecule has 0 radical (unpaired) electrons. The third-order valence-corrected chi connectivity index (χ3v) is 2.90. The SMILES string of the molecule is CC(C)CC(C)OCC(O)CNc1c(F)cc(F)cc1F. The van der Waals surface area contributed by atoms with E-state index in [4.69, 9.17) is 4.74 Å². The van der Waals surface area contributed by atoms with Crippen molar-refractivity contribution in [2.24, 2.45) is 5.92 Å². The van der Waals surface area contributed by atoms with Gasteiger partial charge in [0.05, 0.1) is 18.8 Å². The monoisotopic (exact) mass is 305 g/mol. The lowest BCUT2D eigenvalue weighted by atomic mass is 10.1. The lowest BCUT2D eigenvalue weighted by molar-refractivity contribution is -0.00447. The molecule has 0 amide bonds. The molecular formula is C15H22F3NO2. The van der Waals surface area contributed by atoms with Crippen molar-refractivity contribution < 1.29 is 23.0 Å². The van der Waals surface area contributed by atoms with Crippen LogP contribution in [0.5, 0.6) is 0 Å². The Morgan fingerprint density at radius 1 is 1.14 bits per heavy atom. The number of halogens is 3. The molecule has 1 rings (SSSR count). The van der Waals surface area contributed by atoms with E-state index in [0.29, 0.717) is 18.1 Å². The lowest BCUT2D eigenvalue weighted by Crippen LogP contribution is -2.28. The fourth-order valence-electron chi connectivity index (χ4n) is 2.00. The largest absolute Gasteiger partial charge is 0.389 e. The predicted octanol–water partition coefficient (Wildman–Crippen LogP) is 3.33. The maximum Gasteiger partial charge on any atom is 0.152 e. The highest BCUT2D eigenvalue weighted by Gasteiger charge is 2.14. The standard InChI is InChI=1S/C15H22F3NO2/c1-9(2)4-10(3)21-8-12(20)7-19-15-13(17)5-11(16)6-14(15)18/h5-6,9-10,12,19-20H,4,7-8H2,1-3H3. The van der Waals surface area contributed by atoms with Crippen molar-refractivity contribution in [1.82, 2.24) is 0 Å². The zero-order valence-corrected chi connectivity index (χ0v) is 12.5. The van der Waals surface area contributed by atoms with E-state index in [2.05, 4.69) is 19.2 Å². The number of rotatable bonds is 8. The van der Waals surface area contributed by atoms with Crippen molar-refractivity contribution in [1.29, 1.82) is 0 Å². The van der Waals surface area contributed by atoms with Crippen molar-refractivity contribution >= 4 is 5.69 Å². The van der Waals surface area contributed by atoms with E-state index in [9.17, 15) is 18.3 Å². The Morgan fingerprint density at radius 2 is 1.71 bits per heavy atom. The quantitative estimate of drug-likeness (QED) is 0.774. The second-order valence-corrected chi connectivity index (χ2v) is 5.55. The number of aliphatic hydroxyl groups excluding tert-OH is 1. The third kappa shape index (κ3) is 6.35. The number of ether oxygens (including phenoxy) is 1. The zero-order valence-electron chi connectivity index (χ0n) is 12.5. The highest BCUT2D eigenvalue weighted by Crippen LogP contribution is 2.20. The van der Waals surface area contributed by atoms with Crippen molar-refractivity contribution in [3.05, 3.63) is 29.6 Å². The number of anilines is 1. The van der Waals surface area contributed by atoms with Gasteiger partial charge in [0.1, 0.15) is 11.5 Å². The number of nitrogens with one attached hydrogen (secondary N) is 1. The summed E-state index contributed by atoms with van der Waals surface area (Å²) in [6, 6.07) is 1.16. The van der Waals surface area contributed by atoms with E-state index in [1.807, 2.05) is 6.92 Å². The summed E-state index contributed by atoms with van der Waals surface area (Å²) in [5.41, 5.74) is -0.453. The topological polar surface area (TPSA) is 41.5 Å². The molecule has 0 aromatic heterocycles. The summed E-state index contributed by atoms with van der Waals surface area (Å²) in [5.74, 6) is -2.57. The van der Waals surface area contributed by atoms with Gasteiger partial charge in [-0.3, -0.25) is 0 Å². The van der Waals surface area contributed by atoms with Crippen LogP contribution >= 0.6 is 0 Å². The average Bonchev–Trinajstić information content (AvgIpc) is 2.34. The molecule has 0 spiro atoms. The van der Waals surface area contributed by atoms with Gasteiger partial charge in [-0.05, 0) is 19.3 Å². The normalized spacial score (nSPS) is 14.3. The van der Waals surface area contributed by atoms with E-state index in [-0.39, 0.29) is 19.3 Å². The molecule has 6 heteroatoms. The molecule has 0 saturated heterocycles. The van der Waals surface area contributed by atoms with Crippen LogP contribution < -0.4 is 5.32 Å². The summed E-state index contributed by atoms with van der Waals surface area (Å²) in [4.78, 5) is 0. The molecule has 0 aliphatic heterocycles. The van der Waals surface area contributed by atoms with Crippen LogP contribution in [-0.4, -0.2) is 30.5 Å². The number of aliphatic hydroxyl groups is 1. The van der Waals surface area contributed by atoms with Gasteiger partial charge in [0.15, 0.2) is 11.6 Å². The molecule has 0 heterocycles. The van der Waals surface area contributed by atoms with E-state index in [0.717, 1.165) is 6.42 Å². The first kappa shape index (κ1) is 17.8. The van der Waals surface area contributed by atoms with Crippen LogP contribution in [0.2, 0.25) is 0 Å². The van der Waals surface area contributed by atoms with Crippen LogP contribution in [0, 0.1) is 23.4 Å². The van der Waals surface area contributed by atoms with Crippen LogP contribution in [0.25, 0.3) is 0 Å². The molecule has 0 saturated carbocycles. The van der Waals surface area contributed by atoms with Crippen LogP contribution in [0.4, 0.5) is 18.9 Å². The first-order chi connectivity index (χ1) is 9.79. The molecule has 1 aromatic carbocycles. The molecule has 21 heavy (non-hydrogen) atoms. The van der Waals surface area contributed by atoms with Crippen LogP contribution in [0.3, 0.4) is 0 Å². The van der Waals surface area contributed by atoms with E-state index in [1.165, 1.54) is 0 Å². The first-order valence-electron chi connectivity index (χ1n) is 6.97. The third-order valence-electron chi connectivity index (χ3n) is 2.90. The smallest absolute Gasteiger partial charge is 0.152 e. The summed E-state index contributed by atoms with van der Waals surface area (Å²) in [7, 11) is 0. The van der Waals surface area contributed by atoms with Gasteiger partial charge in [-0.2, -0.15) is 0 Å². The molecule has 2 unspecified atom stereocenters. The highest BCUT2D eigenvalue weighted by atomic mass is 19.1. The van der Waals surface area contributed by atoms with Crippen molar-refractivity contribution in [2.45, 2.75) is 39.4 Å². The minimum Gasteiger partial charge on any atom is -0.389 e. The molecular weight excluding hydrogens is 283 g/mol. The minimum absolute atomic E-state index is 0.000978. The molecule has 1 aromatic rings. The van der Waals surface area contributed by atoms with Crippen LogP contribution in [-0.2, 0) is 4.74 Å². The Balaban J connectivity index is 2.41. The summed E-state index contributed by atoms with van der Waals surface area (Å²) in [6.07, 6.45) is -0.0520. The molecule has 120 valence electrons. The Labute approximate surface area is 123 Å². The minimum atomic E-state index is -1.03. The molecule has 0 bridgehead atoms. The molecule has 0 aliphatic rings. The van der Waals surface area contributed by atoms with E-state index in [1.54, 1.807) is 0 Å². The summed E-state index contributed by atoms with van der Waals surface area (Å²) < 4.78 is 44.9. The summed E-state index contributed by atoms with van der Waals surface area (Å²) in [5, 5.41) is 12.1. The first-order valence-corrected chi connectivity index (χ1v) is 6.97. The Hall–Kier alpha value is -1.27. The number of hydrogen-bond donors (Lipinski definition) is 2. The molecule has 2 atom stereocenters. The summed E-state index contributed by atoms with van der Waals surface area (Å²) in [6.45, 7) is 6.01. The fraction of sp³-hybridized carbons (Fsp3) is 0.600. The lowest BCUT2D eigenvalue weighted by Gasteiger charge is -2.19. The van der Waals surface area contributed by atoms with Gasteiger partial charge in [0.2, 0.25) is 0 Å². The van der Waals surface area contributed by atoms with Gasteiger partial charge in [-0.1, -0.05) is 13.8 Å². The Kier molecular flexibility index (Phi) is 6.98. The molecule has 0 fully saturated rings. The van der Waals surface area contributed by atoms with Gasteiger partial charge < -0.3 is 15.2 Å². The Bertz CT molecular complexity index is 432. The average molecular weight is 305 g/mol. The van der Waals surface area contributed by atoms with Gasteiger partial charge >= 0.3 is 0 Å². The second-order valence-electron chi connectivity index (χ2n) is 5.55. The van der Waals surface area contributed by atoms with Gasteiger partial charge in [-0.25, -0.2) is 13.2 Å². The van der Waals surface area contributed by atoms with Crippen LogP contribution in [0.15, 0.2) is 12.1 Å². The van der Waals surface area contributed by atoms with Gasteiger partial charge in [-0.15, -0.1) is 0 Å². The molecule has 2 N–H and O–H groups in total. The maximum absolute atomic E-state index is 13.4. The van der Waals surface area contributed by atoms with Crippen LogP contribution in [0.1, 0.15) is 27.2 Å². The fourth-order valence-corrected chi connectivity index (χ4v) is 2.00.